The molecule has 1 saturated heterocycles. The molecule has 19 heavy (non-hydrogen) atoms. The van der Waals surface area contributed by atoms with Gasteiger partial charge in [-0.05, 0) is 36.5 Å². The van der Waals surface area contributed by atoms with Crippen molar-refractivity contribution in [1.82, 2.24) is 4.90 Å². The fourth-order valence-corrected chi connectivity index (χ4v) is 2.47. The van der Waals surface area contributed by atoms with Crippen molar-refractivity contribution >= 4 is 23.0 Å². The van der Waals surface area contributed by atoms with E-state index in [1.54, 1.807) is 12.1 Å². The second kappa shape index (κ2) is 6.79. The maximum absolute atomic E-state index is 12.8. The number of rotatable bonds is 3. The highest BCUT2D eigenvalue weighted by atomic mass is 32.1. The van der Waals surface area contributed by atoms with Gasteiger partial charge in [0.25, 0.3) is 0 Å². The number of piperazine rings is 1. The quantitative estimate of drug-likeness (QED) is 0.668. The highest BCUT2D eigenvalue weighted by Crippen LogP contribution is 2.09. The zero-order valence-corrected chi connectivity index (χ0v) is 11.5. The first kappa shape index (κ1) is 14.2. The van der Waals surface area contributed by atoms with E-state index < -0.39 is 0 Å². The van der Waals surface area contributed by atoms with E-state index in [4.69, 9.17) is 17.3 Å². The Kier molecular flexibility index (Phi) is 5.07. The topological polar surface area (TPSA) is 39.9 Å². The Bertz CT molecular complexity index is 418. The smallest absolute Gasteiger partial charge is 0.173 e. The van der Waals surface area contributed by atoms with Gasteiger partial charge in [0.05, 0.1) is 32.8 Å². The van der Waals surface area contributed by atoms with Gasteiger partial charge in [-0.15, -0.1) is 0 Å². The zero-order valence-electron chi connectivity index (χ0n) is 10.7. The summed E-state index contributed by atoms with van der Waals surface area (Å²) in [7, 11) is 0. The number of nitrogens with one attached hydrogen (secondary N) is 2. The minimum absolute atomic E-state index is 0.230. The molecule has 2 rings (SSSR count). The molecule has 1 heterocycles. The van der Waals surface area contributed by atoms with Crippen LogP contribution in [-0.2, 0) is 0 Å². The molecule has 1 aliphatic rings. The van der Waals surface area contributed by atoms with E-state index in [2.05, 4.69) is 10.2 Å². The molecule has 0 aromatic heterocycles. The minimum Gasteiger partial charge on any atom is -0.391 e. The van der Waals surface area contributed by atoms with E-state index in [9.17, 15) is 4.39 Å². The second-order valence-electron chi connectivity index (χ2n) is 4.65. The fraction of sp³-hybridized carbons (Fsp3) is 0.462. The van der Waals surface area contributed by atoms with Crippen molar-refractivity contribution < 1.29 is 14.4 Å². The zero-order chi connectivity index (χ0) is 13.7. The van der Waals surface area contributed by atoms with Crippen molar-refractivity contribution in [1.29, 1.82) is 0 Å². The number of hydrogen-bond donors (Lipinski definition) is 3. The predicted molar refractivity (Wildman–Crippen MR) is 76.8 cm³/mol. The molecule has 0 amide bonds. The molecule has 0 aliphatic carbocycles. The Morgan fingerprint density at radius 3 is 2.53 bits per heavy atom. The van der Waals surface area contributed by atoms with Crippen LogP contribution in [-0.4, -0.2) is 54.4 Å². The molecule has 4 nitrogen and oxygen atoms in total. The molecule has 0 bridgehead atoms. The van der Waals surface area contributed by atoms with E-state index in [0.29, 0.717) is 5.11 Å². The summed E-state index contributed by atoms with van der Waals surface area (Å²) in [4.78, 5) is 3.52. The third-order valence-electron chi connectivity index (χ3n) is 3.32. The third-order valence-corrected chi connectivity index (χ3v) is 3.68. The molecule has 0 spiro atoms. The van der Waals surface area contributed by atoms with Crippen molar-refractivity contribution in [2.24, 2.45) is 0 Å². The molecule has 1 fully saturated rings. The summed E-state index contributed by atoms with van der Waals surface area (Å²) >= 11 is 5.35. The van der Waals surface area contributed by atoms with Crippen LogP contribution in [0.1, 0.15) is 0 Å². The molecule has 0 unspecified atom stereocenters. The number of quaternary nitrogens is 1. The molecule has 0 saturated carbocycles. The van der Waals surface area contributed by atoms with Gasteiger partial charge in [0, 0.05) is 5.69 Å². The Balaban J connectivity index is 1.83. The molecule has 0 atom stereocenters. The number of halogens is 1. The van der Waals surface area contributed by atoms with E-state index >= 15 is 0 Å². The van der Waals surface area contributed by atoms with Gasteiger partial charge < -0.3 is 20.2 Å². The largest absolute Gasteiger partial charge is 0.391 e. The van der Waals surface area contributed by atoms with Crippen LogP contribution in [0.3, 0.4) is 0 Å². The van der Waals surface area contributed by atoms with Gasteiger partial charge in [-0.1, -0.05) is 0 Å². The summed E-state index contributed by atoms with van der Waals surface area (Å²) < 4.78 is 12.8. The summed E-state index contributed by atoms with van der Waals surface area (Å²) in [5.74, 6) is -0.252. The number of aliphatic hydroxyl groups is 1. The number of hydrogen-bond acceptors (Lipinski definition) is 2. The summed E-state index contributed by atoms with van der Waals surface area (Å²) in [5.41, 5.74) is 0.802. The molecule has 104 valence electrons. The van der Waals surface area contributed by atoms with Crippen LogP contribution in [0.25, 0.3) is 0 Å². The Labute approximate surface area is 117 Å². The van der Waals surface area contributed by atoms with Gasteiger partial charge in [-0.2, -0.15) is 0 Å². The van der Waals surface area contributed by atoms with Gasteiger partial charge in [0.1, 0.15) is 12.4 Å². The van der Waals surface area contributed by atoms with Crippen LogP contribution < -0.4 is 10.2 Å². The fourth-order valence-electron chi connectivity index (χ4n) is 2.17. The van der Waals surface area contributed by atoms with Crippen LogP contribution in [0.15, 0.2) is 24.3 Å². The molecule has 1 aliphatic heterocycles. The van der Waals surface area contributed by atoms with Crippen LogP contribution in [0.4, 0.5) is 10.1 Å². The van der Waals surface area contributed by atoms with Gasteiger partial charge >= 0.3 is 0 Å². The lowest BCUT2D eigenvalue weighted by atomic mass is 10.3. The van der Waals surface area contributed by atoms with Crippen molar-refractivity contribution in [2.75, 3.05) is 44.6 Å². The average molecular weight is 284 g/mol. The third kappa shape index (κ3) is 4.12. The van der Waals surface area contributed by atoms with Gasteiger partial charge in [0.15, 0.2) is 5.11 Å². The average Bonchev–Trinajstić information content (AvgIpc) is 2.42. The standard InChI is InChI=1S/C13H18FN3OS/c14-11-1-3-12(4-2-11)15-13(19)17-7-5-16(6-8-17)9-10-18/h1-4,18H,5-10H2,(H,15,19)/p+1. The van der Waals surface area contributed by atoms with Crippen molar-refractivity contribution in [2.45, 2.75) is 0 Å². The normalized spacial score (nSPS) is 16.4. The Morgan fingerprint density at radius 1 is 1.32 bits per heavy atom. The van der Waals surface area contributed by atoms with Crippen molar-refractivity contribution in [3.05, 3.63) is 30.1 Å². The van der Waals surface area contributed by atoms with E-state index in [1.165, 1.54) is 17.0 Å². The first-order valence-electron chi connectivity index (χ1n) is 6.45. The van der Waals surface area contributed by atoms with E-state index in [-0.39, 0.29) is 12.4 Å². The SMILES string of the molecule is OCC[NH+]1CCN(C(=S)Nc2ccc(F)cc2)CC1. The molecule has 1 aromatic rings. The van der Waals surface area contributed by atoms with Gasteiger partial charge in [-0.3, -0.25) is 0 Å². The predicted octanol–water partition coefficient (Wildman–Crippen LogP) is -0.285. The van der Waals surface area contributed by atoms with E-state index in [0.717, 1.165) is 38.4 Å². The van der Waals surface area contributed by atoms with Crippen LogP contribution in [0, 0.1) is 5.82 Å². The highest BCUT2D eigenvalue weighted by molar-refractivity contribution is 7.80. The maximum atomic E-state index is 12.8. The van der Waals surface area contributed by atoms with E-state index in [1.807, 2.05) is 0 Å². The summed E-state index contributed by atoms with van der Waals surface area (Å²) in [6.07, 6.45) is 0. The van der Waals surface area contributed by atoms with Crippen LogP contribution >= 0.6 is 12.2 Å². The Morgan fingerprint density at radius 2 is 1.95 bits per heavy atom. The summed E-state index contributed by atoms with van der Waals surface area (Å²) in [5, 5.41) is 12.7. The number of aliphatic hydroxyl groups excluding tert-OH is 1. The molecule has 3 N–H and O–H groups in total. The monoisotopic (exact) mass is 284 g/mol. The lowest BCUT2D eigenvalue weighted by Crippen LogP contribution is -3.15. The molecular formula is C13H19FN3OS+. The van der Waals surface area contributed by atoms with Gasteiger partial charge in [-0.25, -0.2) is 4.39 Å². The summed E-state index contributed by atoms with van der Waals surface area (Å²) in [6.45, 7) is 4.74. The summed E-state index contributed by atoms with van der Waals surface area (Å²) in [6, 6.07) is 6.17. The van der Waals surface area contributed by atoms with Crippen LogP contribution in [0.5, 0.6) is 0 Å². The number of benzene rings is 1. The molecule has 1 aromatic carbocycles. The molecule has 6 heteroatoms. The second-order valence-corrected chi connectivity index (χ2v) is 5.03. The molecule has 0 radical (unpaired) electrons. The molecular weight excluding hydrogens is 265 g/mol. The van der Waals surface area contributed by atoms with Crippen molar-refractivity contribution in [3.63, 3.8) is 0 Å². The Hall–Kier alpha value is -1.24. The minimum atomic E-state index is -0.252. The number of anilines is 1. The van der Waals surface area contributed by atoms with Crippen molar-refractivity contribution in [3.8, 4) is 0 Å². The maximum Gasteiger partial charge on any atom is 0.173 e. The number of thiocarbonyl (C=S) groups is 1. The lowest BCUT2D eigenvalue weighted by molar-refractivity contribution is -0.904. The highest BCUT2D eigenvalue weighted by Gasteiger charge is 2.21. The number of nitrogens with zero attached hydrogens (tertiary/aromatic N) is 1. The van der Waals surface area contributed by atoms with Gasteiger partial charge in [0.2, 0.25) is 0 Å². The lowest BCUT2D eigenvalue weighted by Gasteiger charge is -2.33. The first-order valence-corrected chi connectivity index (χ1v) is 6.86. The van der Waals surface area contributed by atoms with Crippen LogP contribution in [0.2, 0.25) is 0 Å². The first-order chi connectivity index (χ1) is 9.19.